The maximum atomic E-state index is 13.4. The zero-order valence-electron chi connectivity index (χ0n) is 9.29. The van der Waals surface area contributed by atoms with Crippen LogP contribution in [-0.4, -0.2) is 22.7 Å². The number of aliphatic hydroxyl groups is 1. The highest BCUT2D eigenvalue weighted by molar-refractivity contribution is 8.15. The fraction of sp³-hybridized carbons (Fsp3) is 0.417. The van der Waals surface area contributed by atoms with E-state index in [9.17, 15) is 18.3 Å². The monoisotopic (exact) mass is 262 g/mol. The summed E-state index contributed by atoms with van der Waals surface area (Å²) < 4.78 is 38.2. The Morgan fingerprint density at radius 2 is 2.12 bits per heavy atom. The second kappa shape index (κ2) is 4.46. The molecule has 1 aliphatic heterocycles. The van der Waals surface area contributed by atoms with Gasteiger partial charge in [0.15, 0.2) is 0 Å². The molecular formula is C12H13F3OS. The molecule has 1 aliphatic rings. The van der Waals surface area contributed by atoms with Crippen LogP contribution < -0.4 is 0 Å². The SMILES string of the molecule is C=S1c2cc(F)c(C)cc2C(O)C1CC(F)F. The van der Waals surface area contributed by atoms with E-state index in [1.54, 1.807) is 6.92 Å². The van der Waals surface area contributed by atoms with Gasteiger partial charge >= 0.3 is 0 Å². The van der Waals surface area contributed by atoms with Gasteiger partial charge in [0.1, 0.15) is 5.82 Å². The van der Waals surface area contributed by atoms with Crippen LogP contribution in [0.3, 0.4) is 0 Å². The standard InChI is InChI=1S/C12H13F3OS/c1-6-3-7-9(4-8(6)13)17(2)10(12(7)16)5-11(14)15/h3-4,10-12,16H,2,5H2,1H3. The second-order valence-electron chi connectivity index (χ2n) is 4.18. The molecule has 17 heavy (non-hydrogen) atoms. The lowest BCUT2D eigenvalue weighted by molar-refractivity contribution is 0.103. The predicted octanol–water partition coefficient (Wildman–Crippen LogP) is 3.26. The third-order valence-corrected chi connectivity index (χ3v) is 5.12. The molecule has 0 aromatic heterocycles. The zero-order chi connectivity index (χ0) is 12.7. The lowest BCUT2D eigenvalue weighted by atomic mass is 10.0. The van der Waals surface area contributed by atoms with Gasteiger partial charge < -0.3 is 5.11 Å². The van der Waals surface area contributed by atoms with E-state index in [0.29, 0.717) is 16.0 Å². The Morgan fingerprint density at radius 3 is 2.71 bits per heavy atom. The Labute approximate surface area is 100 Å². The molecule has 0 saturated heterocycles. The summed E-state index contributed by atoms with van der Waals surface area (Å²) in [6, 6.07) is 2.85. The Bertz CT molecular complexity index is 473. The number of hydrogen-bond acceptors (Lipinski definition) is 1. The van der Waals surface area contributed by atoms with Crippen LogP contribution in [0.2, 0.25) is 0 Å². The highest BCUT2D eigenvalue weighted by Crippen LogP contribution is 2.50. The van der Waals surface area contributed by atoms with Crippen LogP contribution in [0.1, 0.15) is 23.7 Å². The summed E-state index contributed by atoms with van der Waals surface area (Å²) in [7, 11) is -0.775. The molecule has 0 bridgehead atoms. The van der Waals surface area contributed by atoms with Crippen LogP contribution in [-0.2, 0) is 0 Å². The lowest BCUT2D eigenvalue weighted by Crippen LogP contribution is -2.14. The van der Waals surface area contributed by atoms with E-state index in [2.05, 4.69) is 5.87 Å². The van der Waals surface area contributed by atoms with Crippen molar-refractivity contribution in [2.75, 3.05) is 0 Å². The molecule has 0 spiro atoms. The van der Waals surface area contributed by atoms with Gasteiger partial charge in [-0.15, -0.1) is 0 Å². The van der Waals surface area contributed by atoms with Gasteiger partial charge in [-0.3, -0.25) is 0 Å². The number of rotatable bonds is 2. The van der Waals surface area contributed by atoms with Crippen LogP contribution >= 0.6 is 10.5 Å². The number of aliphatic hydroxyl groups excluding tert-OH is 1. The first kappa shape index (κ1) is 12.6. The van der Waals surface area contributed by atoms with Gasteiger partial charge in [-0.2, -0.15) is 10.5 Å². The summed E-state index contributed by atoms with van der Waals surface area (Å²) in [6.45, 7) is 1.59. The molecule has 0 saturated carbocycles. The molecule has 0 radical (unpaired) electrons. The number of halogens is 3. The number of hydrogen-bond donors (Lipinski definition) is 1. The van der Waals surface area contributed by atoms with Gasteiger partial charge in [0.05, 0.1) is 6.10 Å². The molecule has 1 aromatic carbocycles. The molecule has 1 nitrogen and oxygen atoms in total. The molecule has 94 valence electrons. The van der Waals surface area contributed by atoms with Gasteiger partial charge in [-0.25, -0.2) is 13.2 Å². The van der Waals surface area contributed by atoms with E-state index >= 15 is 0 Å². The Kier molecular flexibility index (Phi) is 3.32. The van der Waals surface area contributed by atoms with Crippen LogP contribution in [0.5, 0.6) is 0 Å². The number of benzene rings is 1. The van der Waals surface area contributed by atoms with E-state index in [1.807, 2.05) is 0 Å². The summed E-state index contributed by atoms with van der Waals surface area (Å²) in [6.07, 6.45) is -3.84. The molecule has 2 rings (SSSR count). The molecule has 0 amide bonds. The fourth-order valence-corrected chi connectivity index (χ4v) is 3.98. The molecule has 0 fully saturated rings. The van der Waals surface area contributed by atoms with E-state index in [1.165, 1.54) is 12.1 Å². The van der Waals surface area contributed by atoms with E-state index in [0.717, 1.165) is 0 Å². The average molecular weight is 262 g/mol. The first-order chi connectivity index (χ1) is 7.91. The summed E-state index contributed by atoms with van der Waals surface area (Å²) in [5.74, 6) is 3.42. The van der Waals surface area contributed by atoms with Crippen molar-refractivity contribution in [1.82, 2.24) is 0 Å². The van der Waals surface area contributed by atoms with Crippen molar-refractivity contribution in [1.29, 1.82) is 0 Å². The molecule has 0 aliphatic carbocycles. The van der Waals surface area contributed by atoms with Crippen molar-refractivity contribution in [3.63, 3.8) is 0 Å². The van der Waals surface area contributed by atoms with Crippen molar-refractivity contribution in [3.8, 4) is 0 Å². The van der Waals surface area contributed by atoms with E-state index < -0.39 is 34.7 Å². The fourth-order valence-electron chi connectivity index (χ4n) is 2.08. The highest BCUT2D eigenvalue weighted by Gasteiger charge is 2.36. The Hall–Kier alpha value is -0.810. The largest absolute Gasteiger partial charge is 0.387 e. The van der Waals surface area contributed by atoms with Crippen molar-refractivity contribution in [2.45, 2.75) is 36.0 Å². The smallest absolute Gasteiger partial charge is 0.239 e. The summed E-state index contributed by atoms with van der Waals surface area (Å²) >= 11 is 0. The van der Waals surface area contributed by atoms with Crippen LogP contribution in [0.25, 0.3) is 0 Å². The summed E-state index contributed by atoms with van der Waals surface area (Å²) in [4.78, 5) is 0.575. The first-order valence-electron chi connectivity index (χ1n) is 5.21. The minimum Gasteiger partial charge on any atom is -0.387 e. The van der Waals surface area contributed by atoms with E-state index in [-0.39, 0.29) is 5.82 Å². The number of aryl methyl sites for hydroxylation is 1. The van der Waals surface area contributed by atoms with Crippen LogP contribution in [0, 0.1) is 12.7 Å². The normalized spacial score (nSPS) is 27.5. The van der Waals surface area contributed by atoms with Gasteiger partial charge in [-0.1, -0.05) is 5.87 Å². The van der Waals surface area contributed by atoms with Crippen molar-refractivity contribution < 1.29 is 18.3 Å². The predicted molar refractivity (Wildman–Crippen MR) is 63.5 cm³/mol. The van der Waals surface area contributed by atoms with Crippen LogP contribution in [0.4, 0.5) is 13.2 Å². The average Bonchev–Trinajstić information content (AvgIpc) is 2.45. The molecular weight excluding hydrogens is 249 g/mol. The zero-order valence-corrected chi connectivity index (χ0v) is 10.1. The minimum atomic E-state index is -2.48. The molecule has 3 unspecified atom stereocenters. The first-order valence-corrected chi connectivity index (χ1v) is 6.66. The topological polar surface area (TPSA) is 20.2 Å². The van der Waals surface area contributed by atoms with Crippen molar-refractivity contribution >= 4 is 16.4 Å². The second-order valence-corrected chi connectivity index (χ2v) is 6.08. The number of fused-ring (bicyclic) bond motifs is 1. The van der Waals surface area contributed by atoms with Crippen molar-refractivity contribution in [3.05, 3.63) is 29.1 Å². The maximum Gasteiger partial charge on any atom is 0.239 e. The van der Waals surface area contributed by atoms with Gasteiger partial charge in [0, 0.05) is 16.6 Å². The Balaban J connectivity index is 2.42. The summed E-state index contributed by atoms with van der Waals surface area (Å²) in [5.41, 5.74) is 0.963. The van der Waals surface area contributed by atoms with E-state index in [4.69, 9.17) is 0 Å². The lowest BCUT2D eigenvalue weighted by Gasteiger charge is -2.15. The minimum absolute atomic E-state index is 0.380. The molecule has 5 heteroatoms. The highest BCUT2D eigenvalue weighted by atomic mass is 32.2. The molecule has 3 atom stereocenters. The molecule has 1 aromatic rings. The quantitative estimate of drug-likeness (QED) is 0.811. The maximum absolute atomic E-state index is 13.4. The van der Waals surface area contributed by atoms with Gasteiger partial charge in [0.2, 0.25) is 6.43 Å². The van der Waals surface area contributed by atoms with Gasteiger partial charge in [0.25, 0.3) is 0 Å². The van der Waals surface area contributed by atoms with Gasteiger partial charge in [-0.05, 0) is 30.2 Å². The third kappa shape index (κ3) is 2.13. The molecule has 1 N–H and O–H groups in total. The third-order valence-electron chi connectivity index (χ3n) is 3.02. The molecule has 1 heterocycles. The number of alkyl halides is 2. The Morgan fingerprint density at radius 1 is 1.47 bits per heavy atom. The van der Waals surface area contributed by atoms with Crippen LogP contribution in [0.15, 0.2) is 17.0 Å². The summed E-state index contributed by atoms with van der Waals surface area (Å²) in [5, 5.41) is 9.38. The van der Waals surface area contributed by atoms with Crippen molar-refractivity contribution in [2.24, 2.45) is 0 Å².